The molecule has 3 heteroatoms. The number of anilines is 1. The topological polar surface area (TPSA) is 28.2 Å². The average molecular weight is 255 g/mol. The van der Waals surface area contributed by atoms with Crippen LogP contribution in [0.1, 0.15) is 16.8 Å². The van der Waals surface area contributed by atoms with Gasteiger partial charge in [0.25, 0.3) is 0 Å². The van der Waals surface area contributed by atoms with Crippen LogP contribution in [-0.2, 0) is 13.1 Å². The summed E-state index contributed by atoms with van der Waals surface area (Å²) in [6.45, 7) is 3.77. The van der Waals surface area contributed by atoms with Crippen LogP contribution in [0.5, 0.6) is 0 Å². The molecule has 0 atom stereocenters. The zero-order valence-corrected chi connectivity index (χ0v) is 11.9. The number of nitrogens with zero attached hydrogens (tertiary/aromatic N) is 2. The summed E-state index contributed by atoms with van der Waals surface area (Å²) in [4.78, 5) is 6.47. The van der Waals surface area contributed by atoms with Crippen LogP contribution in [0, 0.1) is 6.92 Å². The van der Waals surface area contributed by atoms with Crippen LogP contribution in [0.25, 0.3) is 0 Å². The van der Waals surface area contributed by atoms with Gasteiger partial charge in [-0.05, 0) is 50.3 Å². The van der Waals surface area contributed by atoms with Crippen LogP contribution in [0.3, 0.4) is 0 Å². The molecule has 0 saturated heterocycles. The van der Waals surface area contributed by atoms with Crippen molar-refractivity contribution in [1.82, 2.24) is 9.88 Å². The van der Waals surface area contributed by atoms with Crippen molar-refractivity contribution >= 4 is 5.69 Å². The van der Waals surface area contributed by atoms with Crippen molar-refractivity contribution in [2.75, 3.05) is 19.4 Å². The minimum atomic E-state index is 0.804. The van der Waals surface area contributed by atoms with Crippen LogP contribution < -0.4 is 5.32 Å². The van der Waals surface area contributed by atoms with Crippen LogP contribution in [-0.4, -0.2) is 24.0 Å². The summed E-state index contributed by atoms with van der Waals surface area (Å²) in [6, 6.07) is 12.7. The molecule has 1 aromatic heterocycles. The maximum absolute atomic E-state index is 4.30. The van der Waals surface area contributed by atoms with E-state index in [9.17, 15) is 0 Å². The Bertz CT molecular complexity index is 518. The fourth-order valence-corrected chi connectivity index (χ4v) is 1.95. The van der Waals surface area contributed by atoms with E-state index in [1.165, 1.54) is 11.1 Å². The fraction of sp³-hybridized carbons (Fsp3) is 0.312. The van der Waals surface area contributed by atoms with E-state index >= 15 is 0 Å². The summed E-state index contributed by atoms with van der Waals surface area (Å²) in [7, 11) is 4.16. The van der Waals surface area contributed by atoms with E-state index in [0.29, 0.717) is 0 Å². The van der Waals surface area contributed by atoms with E-state index in [4.69, 9.17) is 0 Å². The van der Waals surface area contributed by atoms with Crippen molar-refractivity contribution in [3.05, 3.63) is 59.4 Å². The van der Waals surface area contributed by atoms with Gasteiger partial charge < -0.3 is 10.2 Å². The number of aryl methyl sites for hydroxylation is 1. The third-order valence-corrected chi connectivity index (χ3v) is 2.90. The number of rotatable bonds is 5. The van der Waals surface area contributed by atoms with Crippen LogP contribution in [0.15, 0.2) is 42.6 Å². The minimum absolute atomic E-state index is 0.804. The molecule has 100 valence electrons. The maximum atomic E-state index is 4.30. The fourth-order valence-electron chi connectivity index (χ4n) is 1.95. The molecule has 0 fully saturated rings. The number of benzene rings is 1. The van der Waals surface area contributed by atoms with Crippen molar-refractivity contribution in [3.8, 4) is 0 Å². The van der Waals surface area contributed by atoms with Gasteiger partial charge in [0.1, 0.15) is 0 Å². The molecule has 1 heterocycles. The highest BCUT2D eigenvalue weighted by Gasteiger charge is 1.98. The Morgan fingerprint density at radius 2 is 1.95 bits per heavy atom. The molecule has 0 aliphatic heterocycles. The first-order valence-electron chi connectivity index (χ1n) is 6.52. The smallest absolute Gasteiger partial charge is 0.0416 e. The third-order valence-electron chi connectivity index (χ3n) is 2.90. The first-order chi connectivity index (χ1) is 9.13. The summed E-state index contributed by atoms with van der Waals surface area (Å²) in [5, 5.41) is 3.44. The second-order valence-corrected chi connectivity index (χ2v) is 5.10. The van der Waals surface area contributed by atoms with Crippen LogP contribution in [0.2, 0.25) is 0 Å². The lowest BCUT2D eigenvalue weighted by atomic mass is 10.2. The molecule has 0 saturated carbocycles. The summed E-state index contributed by atoms with van der Waals surface area (Å²) >= 11 is 0. The van der Waals surface area contributed by atoms with Gasteiger partial charge in [0.15, 0.2) is 0 Å². The summed E-state index contributed by atoms with van der Waals surface area (Å²) in [5.41, 5.74) is 4.72. The second kappa shape index (κ2) is 6.34. The van der Waals surface area contributed by atoms with E-state index in [1.54, 1.807) is 0 Å². The Morgan fingerprint density at radius 3 is 2.63 bits per heavy atom. The minimum Gasteiger partial charge on any atom is -0.381 e. The number of aromatic nitrogens is 1. The number of hydrogen-bond donors (Lipinski definition) is 1. The lowest BCUT2D eigenvalue weighted by molar-refractivity contribution is 0.402. The SMILES string of the molecule is Cc1ccc(CNc2cccc(CN(C)C)c2)cn1. The first kappa shape index (κ1) is 13.6. The van der Waals surface area contributed by atoms with Gasteiger partial charge in [-0.2, -0.15) is 0 Å². The van der Waals surface area contributed by atoms with Gasteiger partial charge in [-0.1, -0.05) is 18.2 Å². The highest BCUT2D eigenvalue weighted by Crippen LogP contribution is 2.13. The summed E-state index contributed by atoms with van der Waals surface area (Å²) in [6.07, 6.45) is 1.92. The Morgan fingerprint density at radius 1 is 1.11 bits per heavy atom. The summed E-state index contributed by atoms with van der Waals surface area (Å²) in [5.74, 6) is 0. The molecule has 3 nitrogen and oxygen atoms in total. The van der Waals surface area contributed by atoms with Crippen molar-refractivity contribution in [3.63, 3.8) is 0 Å². The predicted octanol–water partition coefficient (Wildman–Crippen LogP) is 3.06. The maximum Gasteiger partial charge on any atom is 0.0416 e. The zero-order chi connectivity index (χ0) is 13.7. The largest absolute Gasteiger partial charge is 0.381 e. The van der Waals surface area contributed by atoms with Crippen molar-refractivity contribution < 1.29 is 0 Å². The molecule has 0 spiro atoms. The number of pyridine rings is 1. The quantitative estimate of drug-likeness (QED) is 0.890. The number of hydrogen-bond acceptors (Lipinski definition) is 3. The molecule has 1 aromatic carbocycles. The molecule has 0 radical (unpaired) electrons. The molecule has 0 amide bonds. The number of nitrogens with one attached hydrogen (secondary N) is 1. The molecular formula is C16H21N3. The predicted molar refractivity (Wildman–Crippen MR) is 80.1 cm³/mol. The standard InChI is InChI=1S/C16H21N3/c1-13-7-8-15(10-17-13)11-18-16-6-4-5-14(9-16)12-19(2)3/h4-10,18H,11-12H2,1-3H3. The van der Waals surface area contributed by atoms with Gasteiger partial charge in [-0.15, -0.1) is 0 Å². The highest BCUT2D eigenvalue weighted by molar-refractivity contribution is 5.46. The molecule has 0 bridgehead atoms. The lowest BCUT2D eigenvalue weighted by Gasteiger charge is -2.12. The monoisotopic (exact) mass is 255 g/mol. The molecule has 2 rings (SSSR count). The van der Waals surface area contributed by atoms with Gasteiger partial charge in [0.05, 0.1) is 0 Å². The highest BCUT2D eigenvalue weighted by atomic mass is 15.0. The molecule has 2 aromatic rings. The molecule has 0 aliphatic carbocycles. The Balaban J connectivity index is 1.97. The van der Waals surface area contributed by atoms with Gasteiger partial charge >= 0.3 is 0 Å². The van der Waals surface area contributed by atoms with Crippen molar-refractivity contribution in [2.45, 2.75) is 20.0 Å². The van der Waals surface area contributed by atoms with E-state index < -0.39 is 0 Å². The Hall–Kier alpha value is -1.87. The normalized spacial score (nSPS) is 10.7. The first-order valence-corrected chi connectivity index (χ1v) is 6.52. The van der Waals surface area contributed by atoms with Gasteiger partial charge in [0, 0.05) is 30.7 Å². The lowest BCUT2D eigenvalue weighted by Crippen LogP contribution is -2.10. The van der Waals surface area contributed by atoms with E-state index in [2.05, 4.69) is 59.6 Å². The Labute approximate surface area is 115 Å². The summed E-state index contributed by atoms with van der Waals surface area (Å²) < 4.78 is 0. The van der Waals surface area contributed by atoms with Gasteiger partial charge in [-0.25, -0.2) is 0 Å². The van der Waals surface area contributed by atoms with Crippen LogP contribution >= 0.6 is 0 Å². The molecule has 0 aliphatic rings. The van der Waals surface area contributed by atoms with E-state index in [-0.39, 0.29) is 0 Å². The second-order valence-electron chi connectivity index (χ2n) is 5.10. The molecule has 1 N–H and O–H groups in total. The van der Waals surface area contributed by atoms with Gasteiger partial charge in [0.2, 0.25) is 0 Å². The molecular weight excluding hydrogens is 234 g/mol. The molecule has 0 unspecified atom stereocenters. The zero-order valence-electron chi connectivity index (χ0n) is 11.9. The van der Waals surface area contributed by atoms with Crippen molar-refractivity contribution in [2.24, 2.45) is 0 Å². The van der Waals surface area contributed by atoms with E-state index in [1.807, 2.05) is 19.2 Å². The van der Waals surface area contributed by atoms with E-state index in [0.717, 1.165) is 24.5 Å². The molecule has 19 heavy (non-hydrogen) atoms. The van der Waals surface area contributed by atoms with Gasteiger partial charge in [-0.3, -0.25) is 4.98 Å². The van der Waals surface area contributed by atoms with Crippen LogP contribution in [0.4, 0.5) is 5.69 Å². The van der Waals surface area contributed by atoms with Crippen molar-refractivity contribution in [1.29, 1.82) is 0 Å². The third kappa shape index (κ3) is 4.38. The average Bonchev–Trinajstić information content (AvgIpc) is 2.38. The Kier molecular flexibility index (Phi) is 4.53.